The molecule has 25 heavy (non-hydrogen) atoms. The number of nitrogens with zero attached hydrogens (tertiary/aromatic N) is 1. The second-order valence-corrected chi connectivity index (χ2v) is 7.65. The van der Waals surface area contributed by atoms with E-state index >= 15 is 0 Å². The Labute approximate surface area is 154 Å². The maximum absolute atomic E-state index is 13.0. The maximum atomic E-state index is 13.0. The van der Waals surface area contributed by atoms with Crippen molar-refractivity contribution in [1.29, 1.82) is 0 Å². The van der Waals surface area contributed by atoms with Crippen LogP contribution in [0.4, 0.5) is 0 Å². The Morgan fingerprint density at radius 3 is 2.68 bits per heavy atom. The predicted molar refractivity (Wildman–Crippen MR) is 104 cm³/mol. The molecule has 0 radical (unpaired) electrons. The number of ketones is 1. The van der Waals surface area contributed by atoms with Gasteiger partial charge in [-0.15, -0.1) is 11.3 Å². The van der Waals surface area contributed by atoms with Crippen LogP contribution in [0.15, 0.2) is 41.8 Å². The molecule has 0 N–H and O–H groups in total. The summed E-state index contributed by atoms with van der Waals surface area (Å²) in [5, 5.41) is 1.99. The minimum absolute atomic E-state index is 0.0497. The Morgan fingerprint density at radius 2 is 2.04 bits per heavy atom. The number of thiophene rings is 1. The molecule has 1 aromatic heterocycles. The monoisotopic (exact) mass is 357 g/mol. The molecule has 2 atom stereocenters. The highest BCUT2D eigenvalue weighted by atomic mass is 32.1. The summed E-state index contributed by atoms with van der Waals surface area (Å²) in [5.74, 6) is 1.21. The summed E-state index contributed by atoms with van der Waals surface area (Å²) in [4.78, 5) is 16.4. The van der Waals surface area contributed by atoms with E-state index in [2.05, 4.69) is 24.0 Å². The first-order chi connectivity index (χ1) is 12.2. The van der Waals surface area contributed by atoms with Crippen LogP contribution in [0.2, 0.25) is 0 Å². The molecule has 3 nitrogen and oxygen atoms in total. The number of likely N-dealkylation sites (tertiary alicyclic amines) is 1. The van der Waals surface area contributed by atoms with E-state index in [1.165, 1.54) is 24.8 Å². The molecule has 1 aromatic carbocycles. The van der Waals surface area contributed by atoms with Gasteiger partial charge in [0.1, 0.15) is 5.75 Å². The van der Waals surface area contributed by atoms with Gasteiger partial charge in [-0.05, 0) is 55.1 Å². The molecule has 0 bridgehead atoms. The molecule has 0 aliphatic carbocycles. The van der Waals surface area contributed by atoms with Crippen LogP contribution in [0.25, 0.3) is 0 Å². The van der Waals surface area contributed by atoms with Crippen LogP contribution in [0.5, 0.6) is 5.75 Å². The highest BCUT2D eigenvalue weighted by Crippen LogP contribution is 2.40. The Bertz CT molecular complexity index is 666. The maximum Gasteiger partial charge on any atom is 0.177 e. The first-order valence-corrected chi connectivity index (χ1v) is 10.1. The molecule has 2 heterocycles. The van der Waals surface area contributed by atoms with E-state index in [1.807, 2.05) is 29.6 Å². The second kappa shape index (κ2) is 8.63. The highest BCUT2D eigenvalue weighted by molar-refractivity contribution is 7.12. The van der Waals surface area contributed by atoms with Crippen molar-refractivity contribution in [3.05, 3.63) is 52.2 Å². The van der Waals surface area contributed by atoms with E-state index in [4.69, 9.17) is 4.74 Å². The van der Waals surface area contributed by atoms with Gasteiger partial charge in [0.05, 0.1) is 12.0 Å². The average Bonchev–Trinajstić information content (AvgIpc) is 3.32. The summed E-state index contributed by atoms with van der Waals surface area (Å²) < 4.78 is 5.29. The molecule has 1 aliphatic rings. The normalized spacial score (nSPS) is 20.7. The number of hydrogen-bond donors (Lipinski definition) is 0. The van der Waals surface area contributed by atoms with E-state index in [1.54, 1.807) is 18.4 Å². The Balaban J connectivity index is 1.84. The van der Waals surface area contributed by atoms with Crippen LogP contribution in [-0.2, 0) is 0 Å². The third-order valence-electron chi connectivity index (χ3n) is 5.11. The van der Waals surface area contributed by atoms with Crippen LogP contribution >= 0.6 is 11.3 Å². The van der Waals surface area contributed by atoms with Crippen molar-refractivity contribution in [2.75, 3.05) is 20.2 Å². The van der Waals surface area contributed by atoms with Crippen molar-refractivity contribution in [3.63, 3.8) is 0 Å². The van der Waals surface area contributed by atoms with Crippen LogP contribution in [-0.4, -0.2) is 30.9 Å². The molecular weight excluding hydrogens is 330 g/mol. The molecule has 1 aliphatic heterocycles. The van der Waals surface area contributed by atoms with Crippen LogP contribution < -0.4 is 4.74 Å². The molecule has 0 unspecified atom stereocenters. The molecule has 134 valence electrons. The smallest absolute Gasteiger partial charge is 0.177 e. The highest BCUT2D eigenvalue weighted by Gasteiger charge is 2.39. The number of Topliss-reactive ketones (excluding diaryl/α,β-unsaturated/α-hetero) is 1. The van der Waals surface area contributed by atoms with Crippen LogP contribution in [0, 0.1) is 5.92 Å². The second-order valence-electron chi connectivity index (χ2n) is 6.70. The van der Waals surface area contributed by atoms with Crippen molar-refractivity contribution >= 4 is 17.1 Å². The van der Waals surface area contributed by atoms with Gasteiger partial charge in [-0.1, -0.05) is 38.0 Å². The number of hydrogen-bond acceptors (Lipinski definition) is 4. The van der Waals surface area contributed by atoms with Gasteiger partial charge >= 0.3 is 0 Å². The summed E-state index contributed by atoms with van der Waals surface area (Å²) in [6.45, 7) is 4.30. The number of benzene rings is 1. The molecule has 1 fully saturated rings. The number of rotatable bonds is 8. The average molecular weight is 358 g/mol. The van der Waals surface area contributed by atoms with Gasteiger partial charge in [-0.3, -0.25) is 9.69 Å². The van der Waals surface area contributed by atoms with Gasteiger partial charge in [0.15, 0.2) is 5.78 Å². The van der Waals surface area contributed by atoms with Crippen molar-refractivity contribution < 1.29 is 9.53 Å². The number of ether oxygens (including phenoxy) is 1. The molecular formula is C21H27NO2S. The van der Waals surface area contributed by atoms with E-state index in [-0.39, 0.29) is 12.0 Å². The Morgan fingerprint density at radius 1 is 1.24 bits per heavy atom. The summed E-state index contributed by atoms with van der Waals surface area (Å²) in [6.07, 6.45) is 4.61. The third-order valence-corrected chi connectivity index (χ3v) is 5.99. The molecule has 0 saturated carbocycles. The van der Waals surface area contributed by atoms with Crippen molar-refractivity contribution in [2.45, 2.75) is 38.6 Å². The number of unbranched alkanes of at least 4 members (excludes halogenated alkanes) is 2. The zero-order valence-electron chi connectivity index (χ0n) is 15.1. The SMILES string of the molecule is CCCCCN1CC[C@@H](C(=O)c2cccs2)[C@@H]1c1ccc(OC)cc1. The molecule has 0 amide bonds. The lowest BCUT2D eigenvalue weighted by Gasteiger charge is -2.28. The van der Waals surface area contributed by atoms with Crippen molar-refractivity contribution in [2.24, 2.45) is 5.92 Å². The van der Waals surface area contributed by atoms with E-state index in [0.29, 0.717) is 5.78 Å². The summed E-state index contributed by atoms with van der Waals surface area (Å²) in [6, 6.07) is 12.4. The minimum atomic E-state index is 0.0497. The fourth-order valence-corrected chi connectivity index (χ4v) is 4.52. The number of carbonyl (C=O) groups excluding carboxylic acids is 1. The topological polar surface area (TPSA) is 29.5 Å². The molecule has 4 heteroatoms. The van der Waals surface area contributed by atoms with Gasteiger partial charge in [-0.2, -0.15) is 0 Å². The largest absolute Gasteiger partial charge is 0.497 e. The Hall–Kier alpha value is -1.65. The molecule has 3 rings (SSSR count). The zero-order valence-corrected chi connectivity index (χ0v) is 15.9. The molecule has 0 spiro atoms. The fraction of sp³-hybridized carbons (Fsp3) is 0.476. The number of carbonyl (C=O) groups is 1. The van der Waals surface area contributed by atoms with E-state index in [9.17, 15) is 4.79 Å². The van der Waals surface area contributed by atoms with Gasteiger partial charge in [-0.25, -0.2) is 0 Å². The first kappa shape index (κ1) is 18.2. The molecule has 2 aromatic rings. The lowest BCUT2D eigenvalue weighted by Crippen LogP contribution is -2.29. The molecule has 1 saturated heterocycles. The zero-order chi connectivity index (χ0) is 17.6. The minimum Gasteiger partial charge on any atom is -0.497 e. The summed E-state index contributed by atoms with van der Waals surface area (Å²) >= 11 is 1.56. The summed E-state index contributed by atoms with van der Waals surface area (Å²) in [7, 11) is 1.69. The lowest BCUT2D eigenvalue weighted by molar-refractivity contribution is 0.0885. The fourth-order valence-electron chi connectivity index (χ4n) is 3.79. The third kappa shape index (κ3) is 4.13. The Kier molecular flexibility index (Phi) is 6.27. The van der Waals surface area contributed by atoms with Crippen molar-refractivity contribution in [3.8, 4) is 5.75 Å². The van der Waals surface area contributed by atoms with E-state index < -0.39 is 0 Å². The van der Waals surface area contributed by atoms with Gasteiger partial charge in [0.25, 0.3) is 0 Å². The van der Waals surface area contributed by atoms with Crippen LogP contribution in [0.3, 0.4) is 0 Å². The lowest BCUT2D eigenvalue weighted by atomic mass is 9.89. The quantitative estimate of drug-likeness (QED) is 0.481. The predicted octanol–water partition coefficient (Wildman–Crippen LogP) is 5.19. The van der Waals surface area contributed by atoms with E-state index in [0.717, 1.165) is 30.1 Å². The van der Waals surface area contributed by atoms with Gasteiger partial charge in [0.2, 0.25) is 0 Å². The van der Waals surface area contributed by atoms with Gasteiger partial charge in [0, 0.05) is 12.0 Å². The van der Waals surface area contributed by atoms with Crippen molar-refractivity contribution in [1.82, 2.24) is 4.90 Å². The summed E-state index contributed by atoms with van der Waals surface area (Å²) in [5.41, 5.74) is 1.23. The van der Waals surface area contributed by atoms with Gasteiger partial charge < -0.3 is 4.74 Å². The number of methoxy groups -OCH3 is 1. The van der Waals surface area contributed by atoms with Crippen LogP contribution in [0.1, 0.15) is 53.9 Å². The first-order valence-electron chi connectivity index (χ1n) is 9.20. The standard InChI is InChI=1S/C21H27NO2S/c1-3-4-5-13-22-14-12-18(21(23)19-7-6-15-25-19)20(22)16-8-10-17(24-2)11-9-16/h6-11,15,18,20H,3-5,12-14H2,1-2H3/t18-,20+/m1/s1.